The van der Waals surface area contributed by atoms with Crippen LogP contribution in [0.1, 0.15) is 6.92 Å². The number of oxime groups is 1. The van der Waals surface area contributed by atoms with Crippen LogP contribution >= 0.6 is 0 Å². The van der Waals surface area contributed by atoms with E-state index in [1.807, 2.05) is 0 Å². The maximum atomic E-state index is 5.09. The SMILES string of the molecule is C=NO/C(N)=C\C. The van der Waals surface area contributed by atoms with Crippen molar-refractivity contribution in [2.75, 3.05) is 0 Å². The predicted molar refractivity (Wildman–Crippen MR) is 28.6 cm³/mol. The Hall–Kier alpha value is -0.990. The molecule has 0 atom stereocenters. The van der Waals surface area contributed by atoms with Crippen molar-refractivity contribution in [2.45, 2.75) is 6.92 Å². The van der Waals surface area contributed by atoms with E-state index in [1.165, 1.54) is 0 Å². The molecule has 0 unspecified atom stereocenters. The van der Waals surface area contributed by atoms with Gasteiger partial charge in [-0.1, -0.05) is 5.16 Å². The lowest BCUT2D eigenvalue weighted by Crippen LogP contribution is -1.96. The first-order valence-corrected chi connectivity index (χ1v) is 1.86. The van der Waals surface area contributed by atoms with Gasteiger partial charge in [-0.25, -0.2) is 0 Å². The molecule has 3 heteroatoms. The summed E-state index contributed by atoms with van der Waals surface area (Å²) >= 11 is 0. The molecule has 0 heterocycles. The molecule has 40 valence electrons. The summed E-state index contributed by atoms with van der Waals surface area (Å²) in [7, 11) is 0. The summed E-state index contributed by atoms with van der Waals surface area (Å²) in [5, 5.41) is 3.06. The van der Waals surface area contributed by atoms with Crippen LogP contribution in [0.3, 0.4) is 0 Å². The first-order chi connectivity index (χ1) is 3.31. The van der Waals surface area contributed by atoms with Gasteiger partial charge in [0.1, 0.15) is 0 Å². The van der Waals surface area contributed by atoms with Crippen molar-refractivity contribution in [1.82, 2.24) is 0 Å². The number of nitrogens with two attached hydrogens (primary N) is 1. The highest BCUT2D eigenvalue weighted by Gasteiger charge is 1.77. The van der Waals surface area contributed by atoms with E-state index in [4.69, 9.17) is 5.73 Å². The first kappa shape index (κ1) is 6.01. The molecule has 0 aliphatic carbocycles. The quantitative estimate of drug-likeness (QED) is 0.311. The Morgan fingerprint density at radius 2 is 2.57 bits per heavy atom. The van der Waals surface area contributed by atoms with Crippen LogP contribution in [0.15, 0.2) is 17.1 Å². The van der Waals surface area contributed by atoms with E-state index in [0.29, 0.717) is 0 Å². The third-order valence-corrected chi connectivity index (χ3v) is 0.454. The van der Waals surface area contributed by atoms with Crippen LogP contribution in [0.25, 0.3) is 0 Å². The van der Waals surface area contributed by atoms with Crippen LogP contribution < -0.4 is 5.73 Å². The summed E-state index contributed by atoms with van der Waals surface area (Å²) in [4.78, 5) is 4.34. The van der Waals surface area contributed by atoms with Crippen molar-refractivity contribution in [3.8, 4) is 0 Å². The third kappa shape index (κ3) is 2.82. The molecular weight excluding hydrogens is 92.1 g/mol. The van der Waals surface area contributed by atoms with Gasteiger partial charge >= 0.3 is 0 Å². The molecule has 0 amide bonds. The second-order valence-corrected chi connectivity index (χ2v) is 0.911. The zero-order valence-electron chi connectivity index (χ0n) is 4.22. The van der Waals surface area contributed by atoms with Crippen LogP contribution in [0.4, 0.5) is 0 Å². The van der Waals surface area contributed by atoms with Gasteiger partial charge in [0.2, 0.25) is 5.88 Å². The van der Waals surface area contributed by atoms with Gasteiger partial charge in [-0.15, -0.1) is 0 Å². The molecule has 0 aromatic carbocycles. The molecule has 0 aliphatic heterocycles. The number of nitrogens with zero attached hydrogens (tertiary/aromatic N) is 1. The minimum Gasteiger partial charge on any atom is -0.368 e. The Kier molecular flexibility index (Phi) is 2.76. The fourth-order valence-electron chi connectivity index (χ4n) is 0.127. The normalized spacial score (nSPS) is 10.7. The molecule has 0 radical (unpaired) electrons. The number of allylic oxidation sites excluding steroid dienone is 1. The molecule has 0 fully saturated rings. The van der Waals surface area contributed by atoms with Gasteiger partial charge in [0.25, 0.3) is 0 Å². The maximum absolute atomic E-state index is 5.09. The van der Waals surface area contributed by atoms with E-state index in [9.17, 15) is 0 Å². The number of rotatable bonds is 2. The second kappa shape index (κ2) is 3.21. The molecular formula is C4H8N2O. The molecule has 0 aromatic heterocycles. The smallest absolute Gasteiger partial charge is 0.215 e. The van der Waals surface area contributed by atoms with Gasteiger partial charge in [0.05, 0.1) is 0 Å². The predicted octanol–water partition coefficient (Wildman–Crippen LogP) is 0.439. The highest BCUT2D eigenvalue weighted by Crippen LogP contribution is 1.83. The molecule has 3 nitrogen and oxygen atoms in total. The highest BCUT2D eigenvalue weighted by molar-refractivity contribution is 5.21. The summed E-state index contributed by atoms with van der Waals surface area (Å²) in [5.74, 6) is 0.273. The number of hydrogen-bond donors (Lipinski definition) is 1. The Morgan fingerprint density at radius 3 is 2.71 bits per heavy atom. The van der Waals surface area contributed by atoms with Crippen molar-refractivity contribution < 1.29 is 4.84 Å². The standard InChI is InChI=1S/C4H8N2O/c1-3-4(5)7-6-2/h3H,2,5H2,1H3/b4-3-. The molecule has 0 aromatic rings. The number of hydrogen-bond acceptors (Lipinski definition) is 3. The van der Waals surface area contributed by atoms with Crippen molar-refractivity contribution in [2.24, 2.45) is 10.9 Å². The lowest BCUT2D eigenvalue weighted by atomic mass is 10.7. The zero-order valence-corrected chi connectivity index (χ0v) is 4.22. The summed E-state index contributed by atoms with van der Waals surface area (Å²) < 4.78 is 0. The zero-order chi connectivity index (χ0) is 5.70. The molecule has 0 bridgehead atoms. The van der Waals surface area contributed by atoms with Crippen LogP contribution in [0.5, 0.6) is 0 Å². The third-order valence-electron chi connectivity index (χ3n) is 0.454. The maximum Gasteiger partial charge on any atom is 0.215 e. The second-order valence-electron chi connectivity index (χ2n) is 0.911. The van der Waals surface area contributed by atoms with Gasteiger partial charge in [-0.2, -0.15) is 0 Å². The monoisotopic (exact) mass is 100 g/mol. The first-order valence-electron chi connectivity index (χ1n) is 1.86. The minimum absolute atomic E-state index is 0.273. The molecule has 0 aliphatic rings. The summed E-state index contributed by atoms with van der Waals surface area (Å²) in [5.41, 5.74) is 5.09. The van der Waals surface area contributed by atoms with Crippen LogP contribution in [-0.4, -0.2) is 6.72 Å². The van der Waals surface area contributed by atoms with Crippen molar-refractivity contribution in [3.63, 3.8) is 0 Å². The summed E-state index contributed by atoms with van der Waals surface area (Å²) in [6, 6.07) is 0. The van der Waals surface area contributed by atoms with Gasteiger partial charge in [-0.3, -0.25) is 0 Å². The van der Waals surface area contributed by atoms with Crippen molar-refractivity contribution in [3.05, 3.63) is 12.0 Å². The molecule has 2 N–H and O–H groups in total. The molecule has 0 saturated heterocycles. The van der Waals surface area contributed by atoms with Crippen LogP contribution in [-0.2, 0) is 4.84 Å². The largest absolute Gasteiger partial charge is 0.368 e. The van der Waals surface area contributed by atoms with E-state index in [0.717, 1.165) is 0 Å². The van der Waals surface area contributed by atoms with Crippen molar-refractivity contribution in [1.29, 1.82) is 0 Å². The lowest BCUT2D eigenvalue weighted by molar-refractivity contribution is 0.227. The van der Waals surface area contributed by atoms with Gasteiger partial charge < -0.3 is 10.6 Å². The van der Waals surface area contributed by atoms with Gasteiger partial charge in [0, 0.05) is 6.72 Å². The average Bonchev–Trinajstić information content (AvgIpc) is 1.68. The summed E-state index contributed by atoms with van der Waals surface area (Å²) in [6.07, 6.45) is 1.59. The average molecular weight is 100 g/mol. The van der Waals surface area contributed by atoms with E-state index >= 15 is 0 Å². The fraction of sp³-hybridized carbons (Fsp3) is 0.250. The lowest BCUT2D eigenvalue weighted by Gasteiger charge is -1.90. The molecule has 7 heavy (non-hydrogen) atoms. The topological polar surface area (TPSA) is 47.6 Å². The van der Waals surface area contributed by atoms with E-state index in [-0.39, 0.29) is 5.88 Å². The summed E-state index contributed by atoms with van der Waals surface area (Å²) in [6.45, 7) is 4.81. The van der Waals surface area contributed by atoms with Gasteiger partial charge in [-0.05, 0) is 13.0 Å². The van der Waals surface area contributed by atoms with E-state index in [2.05, 4.69) is 16.7 Å². The van der Waals surface area contributed by atoms with Crippen molar-refractivity contribution >= 4 is 6.72 Å². The van der Waals surface area contributed by atoms with E-state index in [1.54, 1.807) is 13.0 Å². The highest BCUT2D eigenvalue weighted by atomic mass is 16.6. The van der Waals surface area contributed by atoms with Gasteiger partial charge in [0.15, 0.2) is 0 Å². The Labute approximate surface area is 42.4 Å². The van der Waals surface area contributed by atoms with Crippen LogP contribution in [0.2, 0.25) is 0 Å². The Balaban J connectivity index is 3.36. The van der Waals surface area contributed by atoms with E-state index < -0.39 is 0 Å². The molecule has 0 saturated carbocycles. The molecule has 0 spiro atoms. The minimum atomic E-state index is 0.273. The molecule has 0 rings (SSSR count). The Morgan fingerprint density at radius 1 is 2.00 bits per heavy atom. The fourth-order valence-corrected chi connectivity index (χ4v) is 0.127. The van der Waals surface area contributed by atoms with Crippen LogP contribution in [0, 0.1) is 0 Å². The Bertz CT molecular complexity index is 87.7.